The van der Waals surface area contributed by atoms with E-state index >= 15 is 0 Å². The van der Waals surface area contributed by atoms with Crippen LogP contribution < -0.4 is 16.0 Å². The Labute approximate surface area is 185 Å². The maximum absolute atomic E-state index is 13.0. The van der Waals surface area contributed by atoms with Gasteiger partial charge in [-0.2, -0.15) is 0 Å². The molecule has 0 saturated carbocycles. The van der Waals surface area contributed by atoms with Crippen LogP contribution in [0.2, 0.25) is 0 Å². The minimum atomic E-state index is -0.0860. The molecule has 31 heavy (non-hydrogen) atoms. The van der Waals surface area contributed by atoms with E-state index in [0.717, 1.165) is 41.9 Å². The highest BCUT2D eigenvalue weighted by molar-refractivity contribution is 7.17. The van der Waals surface area contributed by atoms with Crippen LogP contribution in [0.1, 0.15) is 41.4 Å². The quantitative estimate of drug-likeness (QED) is 0.382. The molecule has 3 heterocycles. The van der Waals surface area contributed by atoms with Crippen LogP contribution in [-0.2, 0) is 6.42 Å². The predicted molar refractivity (Wildman–Crippen MR) is 127 cm³/mol. The van der Waals surface area contributed by atoms with Crippen molar-refractivity contribution in [3.05, 3.63) is 58.4 Å². The number of nitrogens with two attached hydrogens (primary N) is 1. The third-order valence-electron chi connectivity index (χ3n) is 5.68. The molecule has 1 aliphatic heterocycles. The number of aromatic amines is 1. The maximum Gasteiger partial charge on any atom is 0.263 e. The van der Waals surface area contributed by atoms with E-state index < -0.39 is 0 Å². The monoisotopic (exact) mass is 436 g/mol. The molecule has 0 bridgehead atoms. The van der Waals surface area contributed by atoms with Crippen molar-refractivity contribution in [2.24, 2.45) is 5.73 Å². The van der Waals surface area contributed by atoms with Gasteiger partial charge in [0.1, 0.15) is 4.88 Å². The molecule has 3 aromatic rings. The van der Waals surface area contributed by atoms with Gasteiger partial charge >= 0.3 is 0 Å². The third kappa shape index (κ3) is 4.64. The number of unbranched alkanes of at least 4 members (excludes halogenated alkanes) is 1. The number of H-pyrrole nitrogens is 1. The molecule has 0 radical (unpaired) electrons. The Balaban J connectivity index is 1.44. The molecule has 0 fully saturated rings. The second-order valence-corrected chi connectivity index (χ2v) is 8.94. The zero-order valence-corrected chi connectivity index (χ0v) is 18.5. The highest BCUT2D eigenvalue weighted by atomic mass is 32.1. The van der Waals surface area contributed by atoms with E-state index in [2.05, 4.69) is 34.3 Å². The molecule has 7 nitrogen and oxygen atoms in total. The maximum atomic E-state index is 13.0. The van der Waals surface area contributed by atoms with Gasteiger partial charge in [-0.3, -0.25) is 4.79 Å². The summed E-state index contributed by atoms with van der Waals surface area (Å²) in [6, 6.07) is 8.32. The van der Waals surface area contributed by atoms with Crippen LogP contribution in [-0.4, -0.2) is 41.2 Å². The fourth-order valence-electron chi connectivity index (χ4n) is 3.96. The van der Waals surface area contributed by atoms with Crippen molar-refractivity contribution in [1.29, 1.82) is 5.41 Å². The number of aromatic nitrogens is 2. The van der Waals surface area contributed by atoms with Gasteiger partial charge in [0.2, 0.25) is 0 Å². The van der Waals surface area contributed by atoms with Gasteiger partial charge in [-0.15, -0.1) is 0 Å². The van der Waals surface area contributed by atoms with Crippen molar-refractivity contribution in [2.45, 2.75) is 38.6 Å². The number of amides is 1. The molecule has 0 aliphatic carbocycles. The average Bonchev–Trinajstić information content (AvgIpc) is 3.50. The Bertz CT molecular complexity index is 1110. The van der Waals surface area contributed by atoms with Crippen LogP contribution in [0.15, 0.2) is 47.9 Å². The first-order valence-electron chi connectivity index (χ1n) is 10.6. The van der Waals surface area contributed by atoms with E-state index in [4.69, 9.17) is 11.1 Å². The summed E-state index contributed by atoms with van der Waals surface area (Å²) in [6.07, 6.45) is 8.85. The summed E-state index contributed by atoms with van der Waals surface area (Å²) in [7, 11) is 0. The molecule has 1 amide bonds. The number of thiazole rings is 1. The summed E-state index contributed by atoms with van der Waals surface area (Å²) < 4.78 is 0. The van der Waals surface area contributed by atoms with Gasteiger partial charge in [-0.25, -0.2) is 4.98 Å². The van der Waals surface area contributed by atoms with E-state index in [1.165, 1.54) is 28.5 Å². The fraction of sp³-hybridized carbons (Fsp3) is 0.348. The van der Waals surface area contributed by atoms with Crippen molar-refractivity contribution < 1.29 is 4.79 Å². The van der Waals surface area contributed by atoms with Crippen molar-refractivity contribution in [1.82, 2.24) is 15.3 Å². The van der Waals surface area contributed by atoms with Crippen LogP contribution >= 0.6 is 11.3 Å². The number of nitrogens with one attached hydrogen (secondary N) is 3. The van der Waals surface area contributed by atoms with Crippen LogP contribution in [0.4, 0.5) is 5.13 Å². The summed E-state index contributed by atoms with van der Waals surface area (Å²) in [5.41, 5.74) is 9.82. The Morgan fingerprint density at radius 3 is 3.03 bits per heavy atom. The van der Waals surface area contributed by atoms with E-state index in [9.17, 15) is 4.79 Å². The molecular formula is C23H28N6OS. The first kappa shape index (κ1) is 21.1. The summed E-state index contributed by atoms with van der Waals surface area (Å²) in [5.74, 6) is -0.0860. The second-order valence-electron chi connectivity index (χ2n) is 7.93. The number of carbonyl (C=O) groups is 1. The summed E-state index contributed by atoms with van der Waals surface area (Å²) in [4.78, 5) is 23.3. The smallest absolute Gasteiger partial charge is 0.263 e. The molecule has 4 rings (SSSR count). The Morgan fingerprint density at radius 1 is 1.42 bits per heavy atom. The summed E-state index contributed by atoms with van der Waals surface area (Å²) in [5, 5.41) is 12.6. The molecule has 8 heteroatoms. The molecule has 1 atom stereocenters. The van der Waals surface area contributed by atoms with E-state index in [0.29, 0.717) is 23.7 Å². The highest BCUT2D eigenvalue weighted by Gasteiger charge is 2.23. The lowest BCUT2D eigenvalue weighted by Crippen LogP contribution is -2.36. The number of nitrogens with zero attached hydrogens (tertiary/aromatic N) is 2. The van der Waals surface area contributed by atoms with Crippen LogP contribution in [0.3, 0.4) is 0 Å². The van der Waals surface area contributed by atoms with Gasteiger partial charge in [0, 0.05) is 47.2 Å². The van der Waals surface area contributed by atoms with E-state index in [1.807, 2.05) is 23.2 Å². The number of hydrogen-bond donors (Lipinski definition) is 4. The molecule has 1 aromatic carbocycles. The number of carbonyl (C=O) groups excluding carboxylic acids is 1. The highest BCUT2D eigenvalue weighted by Crippen LogP contribution is 2.27. The Hall–Kier alpha value is -3.13. The van der Waals surface area contributed by atoms with Gasteiger partial charge < -0.3 is 26.3 Å². The lowest BCUT2D eigenvalue weighted by molar-refractivity contribution is 0.0938. The number of rotatable bonds is 9. The number of anilines is 1. The largest absolute Gasteiger partial charge is 0.400 e. The normalized spacial score (nSPS) is 14.9. The molecule has 5 N–H and O–H groups in total. The zero-order valence-electron chi connectivity index (χ0n) is 17.6. The number of para-hydroxylation sites is 1. The molecule has 1 aliphatic rings. The Morgan fingerprint density at radius 2 is 2.26 bits per heavy atom. The predicted octanol–water partition coefficient (Wildman–Crippen LogP) is 3.84. The standard InChI is InChI=1S/C23H28N6OS/c1-2-3-6-17(9-15-11-26-20-8-5-4-7-18(15)20)28-22(30)21-12-27-23(31-21)29-13-16(10-24)19(25)14-29/h4-5,7-8,10-12,17,24,26H,2-3,6,9,13-14,25H2,1H3,(H,28,30). The molecular weight excluding hydrogens is 408 g/mol. The molecule has 162 valence electrons. The Kier molecular flexibility index (Phi) is 6.36. The van der Waals surface area contributed by atoms with Crippen molar-refractivity contribution in [2.75, 3.05) is 18.0 Å². The zero-order chi connectivity index (χ0) is 21.8. The molecule has 2 aromatic heterocycles. The van der Waals surface area contributed by atoms with Crippen LogP contribution in [0.5, 0.6) is 0 Å². The first-order chi connectivity index (χ1) is 15.1. The van der Waals surface area contributed by atoms with Gasteiger partial charge in [0.25, 0.3) is 5.91 Å². The molecule has 0 spiro atoms. The minimum Gasteiger partial charge on any atom is -0.400 e. The van der Waals surface area contributed by atoms with Crippen LogP contribution in [0, 0.1) is 5.41 Å². The molecule has 0 saturated heterocycles. The van der Waals surface area contributed by atoms with Gasteiger partial charge in [0.15, 0.2) is 5.13 Å². The SMILES string of the molecule is CCCCC(Cc1c[nH]c2ccccc12)NC(=O)c1cnc(N2CC(N)=C(C=N)C2)s1. The number of benzene rings is 1. The van der Waals surface area contributed by atoms with Gasteiger partial charge in [-0.1, -0.05) is 49.3 Å². The number of fused-ring (bicyclic) bond motifs is 1. The molecule has 1 unspecified atom stereocenters. The minimum absolute atomic E-state index is 0.0609. The lowest BCUT2D eigenvalue weighted by atomic mass is 10.0. The van der Waals surface area contributed by atoms with E-state index in [1.54, 1.807) is 6.20 Å². The van der Waals surface area contributed by atoms with Crippen molar-refractivity contribution >= 4 is 39.5 Å². The number of hydrogen-bond acceptors (Lipinski definition) is 6. The third-order valence-corrected chi connectivity index (χ3v) is 6.74. The first-order valence-corrected chi connectivity index (χ1v) is 11.4. The second kappa shape index (κ2) is 9.34. The van der Waals surface area contributed by atoms with Gasteiger partial charge in [-0.05, 0) is 24.5 Å². The summed E-state index contributed by atoms with van der Waals surface area (Å²) >= 11 is 1.37. The van der Waals surface area contributed by atoms with Crippen LogP contribution in [0.25, 0.3) is 10.9 Å². The van der Waals surface area contributed by atoms with E-state index in [-0.39, 0.29) is 11.9 Å². The van der Waals surface area contributed by atoms with Crippen molar-refractivity contribution in [3.63, 3.8) is 0 Å². The average molecular weight is 437 g/mol. The summed E-state index contributed by atoms with van der Waals surface area (Å²) in [6.45, 7) is 3.26. The van der Waals surface area contributed by atoms with Crippen molar-refractivity contribution in [3.8, 4) is 0 Å². The lowest BCUT2D eigenvalue weighted by Gasteiger charge is -2.18. The van der Waals surface area contributed by atoms with Gasteiger partial charge in [0.05, 0.1) is 12.7 Å². The fourth-order valence-corrected chi connectivity index (χ4v) is 4.78. The topological polar surface area (TPSA) is 111 Å².